The maximum Gasteiger partial charge on any atom is 0.241 e. The summed E-state index contributed by atoms with van der Waals surface area (Å²) in [6.07, 6.45) is 4.45. The highest BCUT2D eigenvalue weighted by Crippen LogP contribution is 2.33. The standard InChI is InChI=1S/C19H22N2O3S.ClH/c20-15-6-8-17-13(11-15)3-1-5-18(17)21-25(22,23)16-7-9-19-14(12-16)4-2-10-24-19;/h6-9,11-12,18,21H,1-5,10,20H2;1H. The van der Waals surface area contributed by atoms with Crippen molar-refractivity contribution in [2.45, 2.75) is 43.0 Å². The third-order valence-corrected chi connectivity index (χ3v) is 6.44. The van der Waals surface area contributed by atoms with E-state index in [-0.39, 0.29) is 18.4 Å². The van der Waals surface area contributed by atoms with Gasteiger partial charge in [0.05, 0.1) is 11.5 Å². The van der Waals surface area contributed by atoms with E-state index in [1.807, 2.05) is 18.2 Å². The van der Waals surface area contributed by atoms with Crippen molar-refractivity contribution < 1.29 is 13.2 Å². The molecule has 0 radical (unpaired) electrons. The van der Waals surface area contributed by atoms with Crippen molar-refractivity contribution in [3.8, 4) is 5.75 Å². The summed E-state index contributed by atoms with van der Waals surface area (Å²) in [6, 6.07) is 10.6. The van der Waals surface area contributed by atoms with Crippen molar-refractivity contribution in [1.82, 2.24) is 4.72 Å². The first kappa shape index (κ1) is 19.0. The van der Waals surface area contributed by atoms with Gasteiger partial charge in [-0.25, -0.2) is 13.1 Å². The van der Waals surface area contributed by atoms with E-state index in [0.29, 0.717) is 11.5 Å². The van der Waals surface area contributed by atoms with E-state index in [1.165, 1.54) is 0 Å². The first-order chi connectivity index (χ1) is 12.0. The van der Waals surface area contributed by atoms with Crippen molar-refractivity contribution in [3.63, 3.8) is 0 Å². The minimum atomic E-state index is -3.58. The number of fused-ring (bicyclic) bond motifs is 2. The molecule has 1 atom stereocenters. The number of benzene rings is 2. The first-order valence-corrected chi connectivity index (χ1v) is 10.2. The number of anilines is 1. The molecule has 26 heavy (non-hydrogen) atoms. The second-order valence-corrected chi connectivity index (χ2v) is 8.46. The van der Waals surface area contributed by atoms with Crippen LogP contribution < -0.4 is 15.2 Å². The van der Waals surface area contributed by atoms with Crippen molar-refractivity contribution in [3.05, 3.63) is 53.1 Å². The third-order valence-electron chi connectivity index (χ3n) is 4.97. The molecule has 5 nitrogen and oxygen atoms in total. The monoisotopic (exact) mass is 394 g/mol. The van der Waals surface area contributed by atoms with Crippen LogP contribution in [0.3, 0.4) is 0 Å². The fourth-order valence-corrected chi connectivity index (χ4v) is 5.02. The molecule has 0 spiro atoms. The predicted molar refractivity (Wildman–Crippen MR) is 104 cm³/mol. The molecule has 0 fully saturated rings. The van der Waals surface area contributed by atoms with E-state index < -0.39 is 10.0 Å². The van der Waals surface area contributed by atoms with E-state index in [2.05, 4.69) is 4.72 Å². The van der Waals surface area contributed by atoms with Gasteiger partial charge in [0.2, 0.25) is 10.0 Å². The normalized spacial score (nSPS) is 18.8. The first-order valence-electron chi connectivity index (χ1n) is 8.69. The van der Waals surface area contributed by atoms with E-state index in [0.717, 1.165) is 60.2 Å². The molecule has 0 saturated heterocycles. The van der Waals surface area contributed by atoms with Gasteiger partial charge in [-0.2, -0.15) is 0 Å². The van der Waals surface area contributed by atoms with E-state index >= 15 is 0 Å². The predicted octanol–water partition coefficient (Wildman–Crippen LogP) is 3.37. The summed E-state index contributed by atoms with van der Waals surface area (Å²) in [7, 11) is -3.58. The van der Waals surface area contributed by atoms with Gasteiger partial charge in [0, 0.05) is 11.7 Å². The molecule has 4 rings (SSSR count). The van der Waals surface area contributed by atoms with Gasteiger partial charge in [-0.05, 0) is 79.1 Å². The maximum atomic E-state index is 12.9. The van der Waals surface area contributed by atoms with Crippen molar-refractivity contribution in [2.75, 3.05) is 12.3 Å². The molecule has 2 aromatic rings. The van der Waals surface area contributed by atoms with Crippen molar-refractivity contribution in [2.24, 2.45) is 0 Å². The SMILES string of the molecule is Cl.Nc1ccc2c(c1)CCCC2NS(=O)(=O)c1ccc2c(c1)CCCO2. The van der Waals surface area contributed by atoms with Crippen LogP contribution in [0.2, 0.25) is 0 Å². The van der Waals surface area contributed by atoms with Gasteiger partial charge < -0.3 is 10.5 Å². The Morgan fingerprint density at radius 1 is 1.04 bits per heavy atom. The number of aryl methyl sites for hydroxylation is 2. The Kier molecular flexibility index (Phi) is 5.46. The van der Waals surface area contributed by atoms with Crippen LogP contribution in [0.25, 0.3) is 0 Å². The second-order valence-electron chi connectivity index (χ2n) is 6.75. The lowest BCUT2D eigenvalue weighted by molar-refractivity contribution is 0.288. The quantitative estimate of drug-likeness (QED) is 0.782. The Labute approximate surface area is 160 Å². The van der Waals surface area contributed by atoms with Gasteiger partial charge in [0.25, 0.3) is 0 Å². The molecular formula is C19H23ClN2O3S. The summed E-state index contributed by atoms with van der Waals surface area (Å²) in [5.41, 5.74) is 9.71. The molecule has 140 valence electrons. The van der Waals surface area contributed by atoms with Gasteiger partial charge >= 0.3 is 0 Å². The molecule has 1 aliphatic carbocycles. The number of rotatable bonds is 3. The Bertz CT molecular complexity index is 915. The highest BCUT2D eigenvalue weighted by atomic mass is 35.5. The molecular weight excluding hydrogens is 372 g/mol. The Morgan fingerprint density at radius 2 is 1.85 bits per heavy atom. The molecule has 3 N–H and O–H groups in total. The Hall–Kier alpha value is -1.76. The van der Waals surface area contributed by atoms with Crippen LogP contribution in [-0.4, -0.2) is 15.0 Å². The van der Waals surface area contributed by atoms with Gasteiger partial charge in [-0.15, -0.1) is 12.4 Å². The molecule has 0 amide bonds. The number of nitrogens with two attached hydrogens (primary N) is 1. The fraction of sp³-hybridized carbons (Fsp3) is 0.368. The third kappa shape index (κ3) is 3.68. The largest absolute Gasteiger partial charge is 0.493 e. The summed E-state index contributed by atoms with van der Waals surface area (Å²) < 4.78 is 34.2. The van der Waals surface area contributed by atoms with Crippen LogP contribution in [0, 0.1) is 0 Å². The Morgan fingerprint density at radius 3 is 2.69 bits per heavy atom. The highest BCUT2D eigenvalue weighted by molar-refractivity contribution is 7.89. The van der Waals surface area contributed by atoms with Gasteiger partial charge in [-0.1, -0.05) is 6.07 Å². The topological polar surface area (TPSA) is 81.4 Å². The summed E-state index contributed by atoms with van der Waals surface area (Å²) in [5.74, 6) is 0.795. The number of nitrogen functional groups attached to an aromatic ring is 1. The second kappa shape index (κ2) is 7.47. The zero-order valence-electron chi connectivity index (χ0n) is 14.4. The van der Waals surface area contributed by atoms with Crippen LogP contribution in [0.4, 0.5) is 5.69 Å². The van der Waals surface area contributed by atoms with Crippen molar-refractivity contribution >= 4 is 28.1 Å². The lowest BCUT2D eigenvalue weighted by Crippen LogP contribution is -2.31. The van der Waals surface area contributed by atoms with Crippen LogP contribution in [-0.2, 0) is 22.9 Å². The Balaban J connectivity index is 0.00000196. The lowest BCUT2D eigenvalue weighted by atomic mass is 9.88. The highest BCUT2D eigenvalue weighted by Gasteiger charge is 2.26. The molecule has 0 bridgehead atoms. The molecule has 7 heteroatoms. The fourth-order valence-electron chi connectivity index (χ4n) is 3.72. The molecule has 1 heterocycles. The molecule has 2 aliphatic rings. The number of ether oxygens (including phenoxy) is 1. The lowest BCUT2D eigenvalue weighted by Gasteiger charge is -2.27. The average molecular weight is 395 g/mol. The molecule has 1 unspecified atom stereocenters. The number of hydrogen-bond donors (Lipinski definition) is 2. The molecule has 0 aromatic heterocycles. The number of nitrogens with one attached hydrogen (secondary N) is 1. The summed E-state index contributed by atoms with van der Waals surface area (Å²) >= 11 is 0. The van der Waals surface area contributed by atoms with E-state index in [4.69, 9.17) is 10.5 Å². The smallest absolute Gasteiger partial charge is 0.241 e. The van der Waals surface area contributed by atoms with Crippen molar-refractivity contribution in [1.29, 1.82) is 0 Å². The number of sulfonamides is 1. The van der Waals surface area contributed by atoms with E-state index in [1.54, 1.807) is 18.2 Å². The summed E-state index contributed by atoms with van der Waals surface area (Å²) in [4.78, 5) is 0.305. The molecule has 2 aromatic carbocycles. The van der Waals surface area contributed by atoms with Gasteiger partial charge in [0.1, 0.15) is 5.75 Å². The van der Waals surface area contributed by atoms with Gasteiger partial charge in [-0.3, -0.25) is 0 Å². The van der Waals surface area contributed by atoms with Crippen LogP contribution in [0.5, 0.6) is 5.75 Å². The van der Waals surface area contributed by atoms with E-state index in [9.17, 15) is 8.42 Å². The van der Waals surface area contributed by atoms with Crippen LogP contribution >= 0.6 is 12.4 Å². The van der Waals surface area contributed by atoms with Crippen LogP contribution in [0.1, 0.15) is 42.0 Å². The minimum absolute atomic E-state index is 0. The molecule has 0 saturated carbocycles. The molecule has 1 aliphatic heterocycles. The zero-order valence-corrected chi connectivity index (χ0v) is 16.0. The zero-order chi connectivity index (χ0) is 17.4. The summed E-state index contributed by atoms with van der Waals surface area (Å²) in [5, 5.41) is 0. The minimum Gasteiger partial charge on any atom is -0.493 e. The van der Waals surface area contributed by atoms with Crippen LogP contribution in [0.15, 0.2) is 41.3 Å². The average Bonchev–Trinajstić information content (AvgIpc) is 2.61. The number of hydrogen-bond acceptors (Lipinski definition) is 4. The summed E-state index contributed by atoms with van der Waals surface area (Å²) in [6.45, 7) is 0.694. The maximum absolute atomic E-state index is 12.9. The number of halogens is 1. The van der Waals surface area contributed by atoms with Gasteiger partial charge in [0.15, 0.2) is 0 Å².